The van der Waals surface area contributed by atoms with Gasteiger partial charge in [-0.2, -0.15) is 0 Å². The molecule has 0 radical (unpaired) electrons. The van der Waals surface area contributed by atoms with Gasteiger partial charge in [-0.05, 0) is 17.7 Å². The Morgan fingerprint density at radius 1 is 1.15 bits per heavy atom. The third-order valence-corrected chi connectivity index (χ3v) is 4.77. The molecular formula is C20H23NO4S. The largest absolute Gasteiger partial charge is 0.478 e. The number of hydrogen-bond acceptors (Lipinski definition) is 5. The van der Waals surface area contributed by atoms with Gasteiger partial charge in [-0.3, -0.25) is 9.78 Å². The molecule has 0 atom stereocenters. The van der Waals surface area contributed by atoms with Crippen LogP contribution >= 0.6 is 11.8 Å². The highest BCUT2D eigenvalue weighted by atomic mass is 32.2. The highest BCUT2D eigenvalue weighted by Gasteiger charge is 2.27. The van der Waals surface area contributed by atoms with Crippen LogP contribution in [0, 0.1) is 0 Å². The van der Waals surface area contributed by atoms with E-state index in [-0.39, 0.29) is 10.7 Å². The Morgan fingerprint density at radius 2 is 1.85 bits per heavy atom. The number of rotatable bonds is 8. The molecule has 0 saturated carbocycles. The molecule has 0 bridgehead atoms. The normalized spacial score (nSPS) is 10.7. The van der Waals surface area contributed by atoms with Crippen molar-refractivity contribution in [1.82, 2.24) is 4.98 Å². The van der Waals surface area contributed by atoms with Crippen LogP contribution in [0.3, 0.4) is 0 Å². The maximum atomic E-state index is 12.7. The first kappa shape index (κ1) is 20.1. The number of carboxylic acids is 1. The van der Waals surface area contributed by atoms with Gasteiger partial charge >= 0.3 is 5.97 Å². The van der Waals surface area contributed by atoms with E-state index in [1.54, 1.807) is 7.11 Å². The molecule has 138 valence electrons. The van der Waals surface area contributed by atoms with Crippen LogP contribution in [0.5, 0.6) is 0 Å². The van der Waals surface area contributed by atoms with E-state index in [9.17, 15) is 14.7 Å². The van der Waals surface area contributed by atoms with Crippen LogP contribution < -0.4 is 0 Å². The smallest absolute Gasteiger partial charge is 0.338 e. The summed E-state index contributed by atoms with van der Waals surface area (Å²) in [5.74, 6) is -0.448. The van der Waals surface area contributed by atoms with Gasteiger partial charge in [0.2, 0.25) is 5.12 Å². The van der Waals surface area contributed by atoms with Gasteiger partial charge in [-0.25, -0.2) is 4.79 Å². The van der Waals surface area contributed by atoms with E-state index in [4.69, 9.17) is 4.74 Å². The molecular weight excluding hydrogens is 350 g/mol. The number of aromatic carboxylic acids is 1. The summed E-state index contributed by atoms with van der Waals surface area (Å²) < 4.78 is 5.16. The van der Waals surface area contributed by atoms with Gasteiger partial charge in [0.25, 0.3) is 0 Å². The summed E-state index contributed by atoms with van der Waals surface area (Å²) >= 11 is 1.17. The summed E-state index contributed by atoms with van der Waals surface area (Å²) in [5.41, 5.74) is 2.80. The van der Waals surface area contributed by atoms with Crippen molar-refractivity contribution in [2.45, 2.75) is 26.7 Å². The zero-order valence-electron chi connectivity index (χ0n) is 15.2. The molecule has 1 heterocycles. The number of methoxy groups -OCH3 is 1. The number of benzene rings is 1. The minimum absolute atomic E-state index is 0.111. The van der Waals surface area contributed by atoms with E-state index in [2.05, 4.69) is 4.98 Å². The Hall–Kier alpha value is -2.18. The van der Waals surface area contributed by atoms with E-state index in [1.165, 1.54) is 11.8 Å². The van der Waals surface area contributed by atoms with Crippen molar-refractivity contribution in [3.05, 3.63) is 52.7 Å². The van der Waals surface area contributed by atoms with Gasteiger partial charge in [0.05, 0.1) is 29.1 Å². The first-order valence-corrected chi connectivity index (χ1v) is 9.54. The number of thioether (sulfide) groups is 1. The van der Waals surface area contributed by atoms with Crippen molar-refractivity contribution in [2.24, 2.45) is 0 Å². The number of nitrogens with zero attached hydrogens (tertiary/aromatic N) is 1. The van der Waals surface area contributed by atoms with Gasteiger partial charge in [0, 0.05) is 19.1 Å². The second-order valence-electron chi connectivity index (χ2n) is 5.62. The zero-order valence-corrected chi connectivity index (χ0v) is 16.1. The fourth-order valence-electron chi connectivity index (χ4n) is 2.90. The van der Waals surface area contributed by atoms with Crippen LogP contribution in [0.25, 0.3) is 11.3 Å². The molecule has 0 spiro atoms. The molecule has 0 aliphatic carbocycles. The van der Waals surface area contributed by atoms with Crippen LogP contribution in [0.1, 0.15) is 45.8 Å². The van der Waals surface area contributed by atoms with Crippen molar-refractivity contribution in [1.29, 1.82) is 0 Å². The Labute approximate surface area is 157 Å². The molecule has 0 unspecified atom stereocenters. The number of carbonyl (C=O) groups is 2. The fraction of sp³-hybridized carbons (Fsp3) is 0.350. The summed E-state index contributed by atoms with van der Waals surface area (Å²) in [5, 5.41) is 9.73. The summed E-state index contributed by atoms with van der Waals surface area (Å²) in [6, 6.07) is 9.21. The zero-order chi connectivity index (χ0) is 19.1. The quantitative estimate of drug-likeness (QED) is 0.751. The van der Waals surface area contributed by atoms with Gasteiger partial charge in [-0.15, -0.1) is 0 Å². The number of hydrogen-bond donors (Lipinski definition) is 1. The third kappa shape index (κ3) is 4.31. The maximum absolute atomic E-state index is 12.7. The monoisotopic (exact) mass is 373 g/mol. The van der Waals surface area contributed by atoms with Gasteiger partial charge in [0.1, 0.15) is 0 Å². The van der Waals surface area contributed by atoms with Crippen LogP contribution in [-0.4, -0.2) is 40.6 Å². The number of ether oxygens (including phenoxy) is 1. The van der Waals surface area contributed by atoms with E-state index >= 15 is 0 Å². The van der Waals surface area contributed by atoms with E-state index in [0.29, 0.717) is 47.7 Å². The predicted molar refractivity (Wildman–Crippen MR) is 104 cm³/mol. The van der Waals surface area contributed by atoms with Crippen LogP contribution in [-0.2, 0) is 17.6 Å². The van der Waals surface area contributed by atoms with Gasteiger partial charge < -0.3 is 9.84 Å². The molecule has 0 fully saturated rings. The molecule has 5 nitrogen and oxygen atoms in total. The molecule has 0 aliphatic rings. The second-order valence-corrected chi connectivity index (χ2v) is 6.86. The van der Waals surface area contributed by atoms with E-state index in [0.717, 1.165) is 5.56 Å². The molecule has 1 aromatic carbocycles. The van der Waals surface area contributed by atoms with Crippen LogP contribution in [0.4, 0.5) is 0 Å². The Kier molecular flexibility index (Phi) is 7.36. The van der Waals surface area contributed by atoms with E-state index in [1.807, 2.05) is 44.2 Å². The van der Waals surface area contributed by atoms with Crippen molar-refractivity contribution in [3.8, 4) is 11.3 Å². The summed E-state index contributed by atoms with van der Waals surface area (Å²) in [7, 11) is 1.59. The fourth-order valence-corrected chi connectivity index (χ4v) is 3.55. The summed E-state index contributed by atoms with van der Waals surface area (Å²) in [4.78, 5) is 29.4. The molecule has 0 amide bonds. The van der Waals surface area contributed by atoms with Crippen molar-refractivity contribution < 1.29 is 19.4 Å². The van der Waals surface area contributed by atoms with Crippen LogP contribution in [0.15, 0.2) is 30.3 Å². The first-order chi connectivity index (χ1) is 12.5. The lowest BCUT2D eigenvalue weighted by atomic mass is 9.93. The Morgan fingerprint density at radius 3 is 2.38 bits per heavy atom. The highest BCUT2D eigenvalue weighted by molar-refractivity contribution is 8.14. The molecule has 1 N–H and O–H groups in total. The maximum Gasteiger partial charge on any atom is 0.338 e. The molecule has 6 heteroatoms. The molecule has 0 saturated heterocycles. The molecule has 2 rings (SSSR count). The summed E-state index contributed by atoms with van der Waals surface area (Å²) in [6.07, 6.45) is 0.893. The van der Waals surface area contributed by atoms with Crippen molar-refractivity contribution in [3.63, 3.8) is 0 Å². The highest BCUT2D eigenvalue weighted by Crippen LogP contribution is 2.31. The second kappa shape index (κ2) is 9.50. The molecule has 26 heavy (non-hydrogen) atoms. The van der Waals surface area contributed by atoms with Crippen molar-refractivity contribution >= 4 is 22.8 Å². The van der Waals surface area contributed by atoms with Crippen molar-refractivity contribution in [2.75, 3.05) is 19.5 Å². The lowest BCUT2D eigenvalue weighted by Gasteiger charge is -2.18. The lowest BCUT2D eigenvalue weighted by Crippen LogP contribution is -2.17. The van der Waals surface area contributed by atoms with Gasteiger partial charge in [0.15, 0.2) is 0 Å². The number of pyridine rings is 1. The number of carboxylic acid groups (broad SMARTS) is 1. The minimum Gasteiger partial charge on any atom is -0.478 e. The molecule has 1 aromatic heterocycles. The Bertz CT molecular complexity index is 790. The summed E-state index contributed by atoms with van der Waals surface area (Å²) in [6.45, 7) is 4.17. The predicted octanol–water partition coefficient (Wildman–Crippen LogP) is 4.09. The average Bonchev–Trinajstić information content (AvgIpc) is 2.65. The first-order valence-electron chi connectivity index (χ1n) is 8.55. The van der Waals surface area contributed by atoms with Crippen LogP contribution in [0.2, 0.25) is 0 Å². The number of carbonyl (C=O) groups excluding carboxylic acids is 1. The van der Waals surface area contributed by atoms with Gasteiger partial charge in [-0.1, -0.05) is 55.9 Å². The number of aromatic nitrogens is 1. The minimum atomic E-state index is -1.07. The topological polar surface area (TPSA) is 76.5 Å². The average molecular weight is 373 g/mol. The lowest BCUT2D eigenvalue weighted by molar-refractivity contribution is 0.0696. The Balaban J connectivity index is 2.81. The standard InChI is InChI=1S/C20H23NO4S/c1-4-14-16(20(24)26-5-2)15(11-12-25-3)21-18(17(14)19(22)23)13-9-7-6-8-10-13/h6-10H,4-5,11-12H2,1-3H3,(H,22,23). The third-order valence-electron chi connectivity index (χ3n) is 4.01. The SMILES string of the molecule is CCSC(=O)c1c(CCOC)nc(-c2ccccc2)c(C(=O)O)c1CC. The van der Waals surface area contributed by atoms with E-state index < -0.39 is 5.97 Å². The molecule has 0 aliphatic heterocycles. The molecule has 2 aromatic rings.